The highest BCUT2D eigenvalue weighted by Gasteiger charge is 2.33. The monoisotopic (exact) mass is 496 g/mol. The lowest BCUT2D eigenvalue weighted by Crippen LogP contribution is -2.47. The lowest BCUT2D eigenvalue weighted by atomic mass is 10.1. The highest BCUT2D eigenvalue weighted by molar-refractivity contribution is 8.01. The maximum absolute atomic E-state index is 13.2. The van der Waals surface area contributed by atoms with Crippen LogP contribution in [-0.4, -0.2) is 52.8 Å². The summed E-state index contributed by atoms with van der Waals surface area (Å²) in [5, 5.41) is 9.39. The molecule has 0 radical (unpaired) electrons. The number of benzene rings is 2. The molecule has 0 spiro atoms. The first-order valence-corrected chi connectivity index (χ1v) is 11.6. The molecule has 184 valence electrons. The zero-order valence-electron chi connectivity index (χ0n) is 19.3. The van der Waals surface area contributed by atoms with E-state index < -0.39 is 17.1 Å². The Morgan fingerprint density at radius 1 is 1.09 bits per heavy atom. The number of rotatable bonds is 7. The zero-order valence-corrected chi connectivity index (χ0v) is 20.2. The maximum atomic E-state index is 13.2. The van der Waals surface area contributed by atoms with Crippen molar-refractivity contribution in [1.29, 1.82) is 0 Å². The van der Waals surface area contributed by atoms with E-state index >= 15 is 0 Å². The molecule has 0 aromatic heterocycles. The van der Waals surface area contributed by atoms with Gasteiger partial charge in [0.2, 0.25) is 0 Å². The Morgan fingerprint density at radius 3 is 2.26 bits per heavy atom. The van der Waals surface area contributed by atoms with E-state index in [0.717, 1.165) is 16.0 Å². The minimum absolute atomic E-state index is 0.0736. The minimum atomic E-state index is -4.78. The van der Waals surface area contributed by atoms with Gasteiger partial charge in [-0.2, -0.15) is 0 Å². The number of ether oxygens (including phenoxy) is 1. The van der Waals surface area contributed by atoms with Crippen LogP contribution in [0.4, 0.5) is 23.7 Å². The van der Waals surface area contributed by atoms with Gasteiger partial charge in [0.05, 0.1) is 0 Å². The van der Waals surface area contributed by atoms with Crippen LogP contribution >= 0.6 is 11.8 Å². The molecule has 0 saturated heterocycles. The van der Waals surface area contributed by atoms with Crippen LogP contribution in [0.15, 0.2) is 47.4 Å². The van der Waals surface area contributed by atoms with E-state index in [0.29, 0.717) is 25.1 Å². The molecule has 1 unspecified atom stereocenters. The van der Waals surface area contributed by atoms with Crippen molar-refractivity contribution in [3.63, 3.8) is 0 Å². The number of thioether (sulfide) groups is 1. The molecule has 0 fully saturated rings. The number of aliphatic carboxylic acids is 1. The average Bonchev–Trinajstić information content (AvgIpc) is 3.15. The molecule has 1 aliphatic carbocycles. The van der Waals surface area contributed by atoms with Crippen LogP contribution in [0, 0.1) is 0 Å². The molecule has 0 saturated carbocycles. The third-order valence-electron chi connectivity index (χ3n) is 5.75. The van der Waals surface area contributed by atoms with Crippen LogP contribution in [-0.2, 0) is 17.6 Å². The number of anilines is 1. The first kappa shape index (κ1) is 25.7. The largest absolute Gasteiger partial charge is 0.573 e. The smallest absolute Gasteiger partial charge is 0.480 e. The fourth-order valence-corrected chi connectivity index (χ4v) is 4.93. The van der Waals surface area contributed by atoms with Gasteiger partial charge >= 0.3 is 18.4 Å². The Kier molecular flexibility index (Phi) is 7.40. The maximum Gasteiger partial charge on any atom is 0.573 e. The van der Waals surface area contributed by atoms with Crippen molar-refractivity contribution in [1.82, 2.24) is 4.90 Å². The van der Waals surface area contributed by atoms with Gasteiger partial charge in [0.1, 0.15) is 10.5 Å². The molecule has 2 aromatic rings. The van der Waals surface area contributed by atoms with Gasteiger partial charge in [-0.25, -0.2) is 4.79 Å². The summed E-state index contributed by atoms with van der Waals surface area (Å²) < 4.78 is 40.1. The number of hydrogen-bond donors (Lipinski definition) is 1. The van der Waals surface area contributed by atoms with Crippen LogP contribution in [0.25, 0.3) is 0 Å². The number of likely N-dealkylation sites (N-methyl/N-ethyl adjacent to an activating group) is 1. The van der Waals surface area contributed by atoms with Gasteiger partial charge < -0.3 is 14.7 Å². The summed E-state index contributed by atoms with van der Waals surface area (Å²) in [4.78, 5) is 28.7. The number of urea groups is 1. The van der Waals surface area contributed by atoms with Crippen molar-refractivity contribution >= 4 is 29.4 Å². The summed E-state index contributed by atoms with van der Waals surface area (Å²) in [5.41, 5.74) is 2.65. The predicted molar refractivity (Wildman–Crippen MR) is 125 cm³/mol. The van der Waals surface area contributed by atoms with Crippen LogP contribution in [0.1, 0.15) is 31.9 Å². The third-order valence-corrected chi connectivity index (χ3v) is 6.92. The SMILES string of the molecule is CCN(C(=O)N(C)c1ccc(OC(F)(F)F)cc1)C1Cc2ccc(SC(C)(C)C(=O)O)cc2C1. The summed E-state index contributed by atoms with van der Waals surface area (Å²) in [6.45, 7) is 5.66. The molecule has 1 N–H and O–H groups in total. The highest BCUT2D eigenvalue weighted by Crippen LogP contribution is 2.36. The fraction of sp³-hybridized carbons (Fsp3) is 0.417. The van der Waals surface area contributed by atoms with E-state index in [1.165, 1.54) is 40.9 Å². The fourth-order valence-electron chi connectivity index (χ4n) is 3.92. The number of carbonyl (C=O) groups is 2. The number of fused-ring (bicyclic) bond motifs is 1. The van der Waals surface area contributed by atoms with Crippen molar-refractivity contribution < 1.29 is 32.6 Å². The number of amides is 2. The first-order valence-electron chi connectivity index (χ1n) is 10.7. The topological polar surface area (TPSA) is 70.1 Å². The van der Waals surface area contributed by atoms with Crippen LogP contribution in [0.5, 0.6) is 5.75 Å². The number of halogens is 3. The molecule has 10 heteroatoms. The molecule has 0 bridgehead atoms. The molecule has 2 amide bonds. The summed E-state index contributed by atoms with van der Waals surface area (Å²) >= 11 is 1.28. The van der Waals surface area contributed by atoms with Gasteiger partial charge in [-0.3, -0.25) is 9.69 Å². The number of nitrogens with zero attached hydrogens (tertiary/aromatic N) is 2. The quantitative estimate of drug-likeness (QED) is 0.507. The number of carboxylic acids is 1. The molecule has 6 nitrogen and oxygen atoms in total. The van der Waals surface area contributed by atoms with Gasteiger partial charge in [-0.15, -0.1) is 24.9 Å². The van der Waals surface area contributed by atoms with Crippen molar-refractivity contribution in [2.45, 2.75) is 55.7 Å². The van der Waals surface area contributed by atoms with E-state index in [2.05, 4.69) is 4.74 Å². The number of carboxylic acid groups (broad SMARTS) is 1. The van der Waals surface area contributed by atoms with Gasteiger partial charge in [-0.1, -0.05) is 6.07 Å². The second-order valence-electron chi connectivity index (χ2n) is 8.58. The Balaban J connectivity index is 1.70. The minimum Gasteiger partial charge on any atom is -0.480 e. The van der Waals surface area contributed by atoms with Gasteiger partial charge in [0.15, 0.2) is 0 Å². The molecule has 1 aliphatic rings. The lowest BCUT2D eigenvalue weighted by molar-refractivity contribution is -0.274. The molecule has 0 aliphatic heterocycles. The van der Waals surface area contributed by atoms with Gasteiger partial charge in [0, 0.05) is 30.2 Å². The van der Waals surface area contributed by atoms with Gasteiger partial charge in [-0.05, 0) is 81.1 Å². The van der Waals surface area contributed by atoms with E-state index in [1.807, 2.05) is 25.1 Å². The van der Waals surface area contributed by atoms with E-state index in [9.17, 15) is 27.9 Å². The normalized spacial score (nSPS) is 15.6. The first-order chi connectivity index (χ1) is 15.8. The zero-order chi connectivity index (χ0) is 25.3. The molecule has 1 atom stereocenters. The molecule has 34 heavy (non-hydrogen) atoms. The average molecular weight is 497 g/mol. The number of alkyl halides is 3. The third kappa shape index (κ3) is 5.97. The van der Waals surface area contributed by atoms with Crippen molar-refractivity contribution in [2.24, 2.45) is 0 Å². The van der Waals surface area contributed by atoms with E-state index in [1.54, 1.807) is 25.8 Å². The molecule has 0 heterocycles. The second-order valence-corrected chi connectivity index (χ2v) is 10.3. The predicted octanol–water partition coefficient (Wildman–Crippen LogP) is 5.59. The standard InChI is InChI=1S/C24H27F3N2O4S/c1-5-29(22(32)28(4)17-7-9-19(10-8-17)33-24(25,26)27)18-12-15-6-11-20(14-16(15)13-18)34-23(2,3)21(30)31/h6-11,14,18H,5,12-13H2,1-4H3,(H,30,31). The number of carbonyl (C=O) groups excluding carboxylic acids is 1. The van der Waals surface area contributed by atoms with E-state index in [-0.39, 0.29) is 17.8 Å². The lowest BCUT2D eigenvalue weighted by Gasteiger charge is -2.32. The Labute approximate surface area is 200 Å². The summed E-state index contributed by atoms with van der Waals surface area (Å²) in [6, 6.07) is 10.7. The van der Waals surface area contributed by atoms with Crippen LogP contribution in [0.3, 0.4) is 0 Å². The summed E-state index contributed by atoms with van der Waals surface area (Å²) in [5.74, 6) is -1.24. The molecule has 2 aromatic carbocycles. The Bertz CT molecular complexity index is 1060. The van der Waals surface area contributed by atoms with Crippen LogP contribution < -0.4 is 9.64 Å². The van der Waals surface area contributed by atoms with Crippen molar-refractivity contribution in [3.05, 3.63) is 53.6 Å². The van der Waals surface area contributed by atoms with E-state index in [4.69, 9.17) is 0 Å². The molecule has 3 rings (SSSR count). The molecular formula is C24H27F3N2O4S. The second kappa shape index (κ2) is 9.77. The highest BCUT2D eigenvalue weighted by atomic mass is 32.2. The Morgan fingerprint density at radius 2 is 1.71 bits per heavy atom. The van der Waals surface area contributed by atoms with Gasteiger partial charge in [0.25, 0.3) is 0 Å². The van der Waals surface area contributed by atoms with Crippen LogP contribution in [0.2, 0.25) is 0 Å². The summed E-state index contributed by atoms with van der Waals surface area (Å²) in [6.07, 6.45) is -3.46. The Hall–Kier alpha value is -2.88. The number of hydrogen-bond acceptors (Lipinski definition) is 4. The van der Waals surface area contributed by atoms with Crippen molar-refractivity contribution in [3.8, 4) is 5.75 Å². The summed E-state index contributed by atoms with van der Waals surface area (Å²) in [7, 11) is 1.58. The van der Waals surface area contributed by atoms with Crippen molar-refractivity contribution in [2.75, 3.05) is 18.5 Å². The molecular weight excluding hydrogens is 469 g/mol.